The van der Waals surface area contributed by atoms with Crippen LogP contribution < -0.4 is 5.32 Å². The fraction of sp³-hybridized carbons (Fsp3) is 0. The van der Waals surface area contributed by atoms with Gasteiger partial charge in [-0.05, 0) is 23.8 Å². The summed E-state index contributed by atoms with van der Waals surface area (Å²) in [4.78, 5) is 17.8. The number of hydrogen-bond donors (Lipinski definition) is 1. The summed E-state index contributed by atoms with van der Waals surface area (Å²) < 4.78 is 23.6. The van der Waals surface area contributed by atoms with Gasteiger partial charge in [0.05, 0.1) is 9.82 Å². The first kappa shape index (κ1) is 13.2. The van der Waals surface area contributed by atoms with Crippen molar-refractivity contribution >= 4 is 33.1 Å². The maximum Gasteiger partial charge on any atom is 0.329 e. The monoisotopic (exact) mass is 304 g/mol. The second-order valence-electron chi connectivity index (χ2n) is 4.24. The number of benzene rings is 1. The van der Waals surface area contributed by atoms with Crippen molar-refractivity contribution in [3.63, 3.8) is 0 Å². The van der Waals surface area contributed by atoms with Gasteiger partial charge in [-0.25, -0.2) is 18.4 Å². The van der Waals surface area contributed by atoms with Gasteiger partial charge in [0.25, 0.3) is 0 Å². The van der Waals surface area contributed by atoms with E-state index in [4.69, 9.17) is 0 Å². The Morgan fingerprint density at radius 1 is 1.29 bits per heavy atom. The van der Waals surface area contributed by atoms with Crippen LogP contribution in [0.25, 0.3) is 6.08 Å². The van der Waals surface area contributed by atoms with Crippen LogP contribution in [0.5, 0.6) is 0 Å². The number of nitrogens with zero attached hydrogens (tertiary/aromatic N) is 3. The highest BCUT2D eigenvalue weighted by Gasteiger charge is 2.22. The van der Waals surface area contributed by atoms with Crippen molar-refractivity contribution in [3.05, 3.63) is 51.8 Å². The summed E-state index contributed by atoms with van der Waals surface area (Å²) in [6.45, 7) is 0. The van der Waals surface area contributed by atoms with Gasteiger partial charge in [-0.15, -0.1) is 0 Å². The molecule has 9 heteroatoms. The van der Waals surface area contributed by atoms with Crippen molar-refractivity contribution in [2.24, 2.45) is 0 Å². The number of nitrogens with one attached hydrogen (secondary N) is 1. The largest absolute Gasteiger partial charge is 0.334 e. The third-order valence-corrected chi connectivity index (χ3v) is 4.36. The number of fused-ring (bicyclic) bond motifs is 1. The summed E-state index contributed by atoms with van der Waals surface area (Å²) in [6.07, 6.45) is 3.74. The summed E-state index contributed by atoms with van der Waals surface area (Å²) in [5, 5.41) is 14.7. The molecule has 1 N–H and O–H groups in total. The molecule has 0 atom stereocenters. The van der Waals surface area contributed by atoms with Crippen LogP contribution in [0, 0.1) is 10.1 Å². The number of rotatable bonds is 3. The molecule has 3 rings (SSSR count). The lowest BCUT2D eigenvalue weighted by molar-refractivity contribution is -0.384. The van der Waals surface area contributed by atoms with Crippen molar-refractivity contribution in [3.8, 4) is 0 Å². The highest BCUT2D eigenvalue weighted by Crippen LogP contribution is 2.31. The minimum atomic E-state index is -3.43. The summed E-state index contributed by atoms with van der Waals surface area (Å²) in [7, 11) is -3.43. The molecule has 0 unspecified atom stereocenters. The fourth-order valence-electron chi connectivity index (χ4n) is 1.92. The van der Waals surface area contributed by atoms with E-state index in [9.17, 15) is 18.5 Å². The smallest absolute Gasteiger partial charge is 0.329 e. The van der Waals surface area contributed by atoms with Crippen LogP contribution in [-0.4, -0.2) is 23.3 Å². The average Bonchev–Trinajstić information content (AvgIpc) is 2.75. The molecule has 0 aliphatic carbocycles. The Hall–Kier alpha value is -2.81. The Morgan fingerprint density at radius 3 is 2.86 bits per heavy atom. The van der Waals surface area contributed by atoms with E-state index >= 15 is 0 Å². The molecule has 1 aliphatic heterocycles. The van der Waals surface area contributed by atoms with Gasteiger partial charge in [0.15, 0.2) is 0 Å². The quantitative estimate of drug-likeness (QED) is 0.680. The number of sulfone groups is 1. The first-order valence-corrected chi connectivity index (χ1v) is 7.31. The minimum absolute atomic E-state index is 0.00157. The average molecular weight is 304 g/mol. The molecule has 0 radical (unpaired) electrons. The molecule has 2 aromatic rings. The van der Waals surface area contributed by atoms with Crippen molar-refractivity contribution in [2.45, 2.75) is 4.90 Å². The SMILES string of the molecule is O=[N+]([O-])c1cncnc1Nc1ccc2c(c1)S(=O)(=O)C=C2. The van der Waals surface area contributed by atoms with Crippen LogP contribution in [0.2, 0.25) is 0 Å². The normalized spacial score (nSPS) is 14.7. The Bertz CT molecular complexity index is 877. The Labute approximate surface area is 119 Å². The molecule has 21 heavy (non-hydrogen) atoms. The molecule has 1 aromatic heterocycles. The Kier molecular flexibility index (Phi) is 2.91. The molecule has 0 bridgehead atoms. The first-order chi connectivity index (χ1) is 9.97. The van der Waals surface area contributed by atoms with Crippen LogP contribution in [0.4, 0.5) is 17.2 Å². The van der Waals surface area contributed by atoms with E-state index in [1.807, 2.05) is 0 Å². The van der Waals surface area contributed by atoms with Gasteiger partial charge in [-0.3, -0.25) is 10.1 Å². The van der Waals surface area contributed by atoms with Crippen molar-refractivity contribution in [1.29, 1.82) is 0 Å². The molecule has 8 nitrogen and oxygen atoms in total. The van der Waals surface area contributed by atoms with E-state index in [1.165, 1.54) is 18.5 Å². The number of nitro groups is 1. The number of anilines is 2. The van der Waals surface area contributed by atoms with Crippen LogP contribution in [0.1, 0.15) is 5.56 Å². The number of aromatic nitrogens is 2. The molecule has 1 aliphatic rings. The zero-order chi connectivity index (χ0) is 15.0. The van der Waals surface area contributed by atoms with Crippen LogP contribution >= 0.6 is 0 Å². The van der Waals surface area contributed by atoms with Crippen molar-refractivity contribution in [2.75, 3.05) is 5.32 Å². The maximum absolute atomic E-state index is 11.8. The van der Waals surface area contributed by atoms with Gasteiger partial charge >= 0.3 is 5.69 Å². The molecular formula is C12H8N4O4S. The zero-order valence-corrected chi connectivity index (χ0v) is 11.2. The molecule has 0 saturated carbocycles. The maximum atomic E-state index is 11.8. The fourth-order valence-corrected chi connectivity index (χ4v) is 3.15. The predicted molar refractivity (Wildman–Crippen MR) is 74.6 cm³/mol. The molecule has 0 fully saturated rings. The van der Waals surface area contributed by atoms with E-state index in [1.54, 1.807) is 12.1 Å². The van der Waals surface area contributed by atoms with Crippen LogP contribution in [-0.2, 0) is 9.84 Å². The number of hydrogen-bond acceptors (Lipinski definition) is 7. The lowest BCUT2D eigenvalue weighted by Gasteiger charge is -2.07. The van der Waals surface area contributed by atoms with Gasteiger partial charge in [0.2, 0.25) is 15.7 Å². The minimum Gasteiger partial charge on any atom is -0.334 e. The Morgan fingerprint density at radius 2 is 2.10 bits per heavy atom. The summed E-state index contributed by atoms with van der Waals surface area (Å²) >= 11 is 0. The molecular weight excluding hydrogens is 296 g/mol. The van der Waals surface area contributed by atoms with Crippen LogP contribution in [0.3, 0.4) is 0 Å². The molecule has 2 heterocycles. The van der Waals surface area contributed by atoms with E-state index in [2.05, 4.69) is 15.3 Å². The molecule has 0 amide bonds. The van der Waals surface area contributed by atoms with Crippen molar-refractivity contribution in [1.82, 2.24) is 9.97 Å². The van der Waals surface area contributed by atoms with Crippen molar-refractivity contribution < 1.29 is 13.3 Å². The highest BCUT2D eigenvalue weighted by molar-refractivity contribution is 7.94. The van der Waals surface area contributed by atoms with Gasteiger partial charge in [0, 0.05) is 11.1 Å². The first-order valence-electron chi connectivity index (χ1n) is 5.76. The van der Waals surface area contributed by atoms with Crippen LogP contribution in [0.15, 0.2) is 41.0 Å². The summed E-state index contributed by atoms with van der Waals surface area (Å²) in [5.74, 6) is -0.00157. The third-order valence-electron chi connectivity index (χ3n) is 2.90. The van der Waals surface area contributed by atoms with Gasteiger partial charge in [-0.2, -0.15) is 0 Å². The summed E-state index contributed by atoms with van der Waals surface area (Å²) in [6, 6.07) is 4.65. The van der Waals surface area contributed by atoms with E-state index in [-0.39, 0.29) is 16.4 Å². The molecule has 0 saturated heterocycles. The second-order valence-corrected chi connectivity index (χ2v) is 6.04. The molecule has 106 valence electrons. The van der Waals surface area contributed by atoms with Gasteiger partial charge < -0.3 is 5.32 Å². The Balaban J connectivity index is 2.00. The standard InChI is InChI=1S/C12H8N4O4S/c17-16(18)10-6-13-7-14-12(10)15-9-2-1-8-3-4-21(19,20)11(8)5-9/h1-7H,(H,13,14,15). The lowest BCUT2D eigenvalue weighted by atomic mass is 10.2. The van der Waals surface area contributed by atoms with E-state index in [0.717, 1.165) is 11.6 Å². The lowest BCUT2D eigenvalue weighted by Crippen LogP contribution is -2.01. The molecule has 1 aromatic carbocycles. The topological polar surface area (TPSA) is 115 Å². The van der Waals surface area contributed by atoms with E-state index in [0.29, 0.717) is 11.3 Å². The van der Waals surface area contributed by atoms with Gasteiger partial charge in [0.1, 0.15) is 12.5 Å². The van der Waals surface area contributed by atoms with E-state index < -0.39 is 14.8 Å². The second kappa shape index (κ2) is 4.63. The zero-order valence-electron chi connectivity index (χ0n) is 10.4. The van der Waals surface area contributed by atoms with Gasteiger partial charge in [-0.1, -0.05) is 6.07 Å². The summed E-state index contributed by atoms with van der Waals surface area (Å²) in [5.41, 5.74) is 0.680. The molecule has 0 spiro atoms. The predicted octanol–water partition coefficient (Wildman–Crippen LogP) is 1.89. The highest BCUT2D eigenvalue weighted by atomic mass is 32.2. The third kappa shape index (κ3) is 2.34.